The zero-order valence-electron chi connectivity index (χ0n) is 12.4. The Morgan fingerprint density at radius 2 is 1.70 bits per heavy atom. The van der Waals surface area contributed by atoms with Gasteiger partial charge in [0.25, 0.3) is 0 Å². The fraction of sp³-hybridized carbons (Fsp3) is 0.125. The molecule has 0 saturated heterocycles. The molecule has 0 amide bonds. The minimum atomic E-state index is 0.434. The maximum absolute atomic E-state index is 5.65. The SMILES string of the molecule is Nc1nc2ccc(NCCNc3nc4ccccc4[nH]3)cc2[nH]1. The van der Waals surface area contributed by atoms with E-state index in [0.717, 1.165) is 46.8 Å². The number of hydrogen-bond donors (Lipinski definition) is 5. The molecule has 2 aromatic heterocycles. The van der Waals surface area contributed by atoms with E-state index in [4.69, 9.17) is 5.73 Å². The number of nitrogens with two attached hydrogens (primary N) is 1. The van der Waals surface area contributed by atoms with Crippen molar-refractivity contribution >= 4 is 39.7 Å². The number of imidazole rings is 2. The van der Waals surface area contributed by atoms with Crippen LogP contribution in [-0.2, 0) is 0 Å². The Bertz CT molecular complexity index is 920. The lowest BCUT2D eigenvalue weighted by molar-refractivity contribution is 1.05. The van der Waals surface area contributed by atoms with Crippen LogP contribution < -0.4 is 16.4 Å². The number of hydrogen-bond acceptors (Lipinski definition) is 5. The zero-order valence-corrected chi connectivity index (χ0v) is 12.4. The van der Waals surface area contributed by atoms with Crippen LogP contribution in [-0.4, -0.2) is 33.0 Å². The Morgan fingerprint density at radius 3 is 2.61 bits per heavy atom. The minimum absolute atomic E-state index is 0.434. The molecule has 2 aromatic carbocycles. The quantitative estimate of drug-likeness (QED) is 0.364. The average molecular weight is 307 g/mol. The third-order valence-corrected chi connectivity index (χ3v) is 3.64. The van der Waals surface area contributed by atoms with Gasteiger partial charge in [-0.05, 0) is 30.3 Å². The lowest BCUT2D eigenvalue weighted by atomic mass is 10.3. The van der Waals surface area contributed by atoms with Gasteiger partial charge in [0.2, 0.25) is 5.95 Å². The second-order valence-electron chi connectivity index (χ2n) is 5.31. The maximum atomic E-state index is 5.65. The number of fused-ring (bicyclic) bond motifs is 2. The van der Waals surface area contributed by atoms with Gasteiger partial charge in [-0.3, -0.25) is 0 Å². The van der Waals surface area contributed by atoms with Crippen LogP contribution >= 0.6 is 0 Å². The number of rotatable bonds is 5. The highest BCUT2D eigenvalue weighted by molar-refractivity contribution is 5.81. The van der Waals surface area contributed by atoms with Gasteiger partial charge in [0.15, 0.2) is 5.95 Å². The molecular formula is C16H17N7. The Balaban J connectivity index is 1.35. The van der Waals surface area contributed by atoms with Crippen molar-refractivity contribution in [2.45, 2.75) is 0 Å². The number of aromatic nitrogens is 4. The Morgan fingerprint density at radius 1 is 0.870 bits per heavy atom. The first kappa shape index (κ1) is 13.4. The van der Waals surface area contributed by atoms with Crippen molar-refractivity contribution in [3.8, 4) is 0 Å². The summed E-state index contributed by atoms with van der Waals surface area (Å²) in [4.78, 5) is 14.9. The van der Waals surface area contributed by atoms with E-state index in [-0.39, 0.29) is 0 Å². The molecule has 7 heteroatoms. The summed E-state index contributed by atoms with van der Waals surface area (Å²) < 4.78 is 0. The molecule has 0 unspecified atom stereocenters. The van der Waals surface area contributed by atoms with Crippen molar-refractivity contribution in [1.82, 2.24) is 19.9 Å². The Kier molecular flexibility index (Phi) is 3.23. The predicted molar refractivity (Wildman–Crippen MR) is 93.6 cm³/mol. The van der Waals surface area contributed by atoms with Crippen molar-refractivity contribution in [1.29, 1.82) is 0 Å². The van der Waals surface area contributed by atoms with Gasteiger partial charge in [0.05, 0.1) is 22.1 Å². The molecule has 4 aromatic rings. The number of aromatic amines is 2. The fourth-order valence-corrected chi connectivity index (χ4v) is 2.56. The van der Waals surface area contributed by atoms with Crippen molar-refractivity contribution in [3.05, 3.63) is 42.5 Å². The normalized spacial score (nSPS) is 11.1. The summed E-state index contributed by atoms with van der Waals surface area (Å²) in [7, 11) is 0. The monoisotopic (exact) mass is 307 g/mol. The van der Waals surface area contributed by atoms with Gasteiger partial charge in [-0.25, -0.2) is 9.97 Å². The molecule has 0 aliphatic heterocycles. The number of nitrogens with zero attached hydrogens (tertiary/aromatic N) is 2. The molecule has 116 valence electrons. The molecule has 23 heavy (non-hydrogen) atoms. The molecule has 0 aliphatic carbocycles. The first-order valence-corrected chi connectivity index (χ1v) is 7.46. The average Bonchev–Trinajstić information content (AvgIpc) is 3.12. The standard InChI is InChI=1S/C16H17N7/c17-15-20-13-6-5-10(9-14(13)21-15)18-7-8-19-16-22-11-3-1-2-4-12(11)23-16/h1-6,9,18H,7-8H2,(H3,17,20,21)(H2,19,22,23). The smallest absolute Gasteiger partial charge is 0.201 e. The number of nitrogen functional groups attached to an aromatic ring is 1. The maximum Gasteiger partial charge on any atom is 0.201 e. The summed E-state index contributed by atoms with van der Waals surface area (Å²) >= 11 is 0. The van der Waals surface area contributed by atoms with Crippen LogP contribution in [0.5, 0.6) is 0 Å². The third kappa shape index (κ3) is 2.76. The summed E-state index contributed by atoms with van der Waals surface area (Å²) in [5.41, 5.74) is 10.5. The summed E-state index contributed by atoms with van der Waals surface area (Å²) in [5, 5.41) is 6.63. The van der Waals surface area contributed by atoms with E-state index in [1.165, 1.54) is 0 Å². The van der Waals surface area contributed by atoms with Crippen molar-refractivity contribution in [3.63, 3.8) is 0 Å². The van der Waals surface area contributed by atoms with Gasteiger partial charge in [-0.2, -0.15) is 0 Å². The summed E-state index contributed by atoms with van der Waals surface area (Å²) in [6, 6.07) is 13.9. The molecular weight excluding hydrogens is 290 g/mol. The summed E-state index contributed by atoms with van der Waals surface area (Å²) in [6.07, 6.45) is 0. The second kappa shape index (κ2) is 5.53. The van der Waals surface area contributed by atoms with Crippen LogP contribution in [0.4, 0.5) is 17.6 Å². The topological polar surface area (TPSA) is 107 Å². The van der Waals surface area contributed by atoms with Gasteiger partial charge < -0.3 is 26.3 Å². The van der Waals surface area contributed by atoms with E-state index < -0.39 is 0 Å². The van der Waals surface area contributed by atoms with Crippen LogP contribution in [0.15, 0.2) is 42.5 Å². The van der Waals surface area contributed by atoms with E-state index in [1.807, 2.05) is 42.5 Å². The molecule has 7 nitrogen and oxygen atoms in total. The van der Waals surface area contributed by atoms with Gasteiger partial charge in [0.1, 0.15) is 0 Å². The van der Waals surface area contributed by atoms with Gasteiger partial charge in [-0.15, -0.1) is 0 Å². The number of anilines is 3. The van der Waals surface area contributed by atoms with E-state index in [1.54, 1.807) is 0 Å². The van der Waals surface area contributed by atoms with E-state index in [9.17, 15) is 0 Å². The summed E-state index contributed by atoms with van der Waals surface area (Å²) in [5.74, 6) is 1.22. The van der Waals surface area contributed by atoms with Crippen LogP contribution in [0.25, 0.3) is 22.1 Å². The molecule has 0 bridgehead atoms. The molecule has 0 atom stereocenters. The molecule has 0 radical (unpaired) electrons. The van der Waals surface area contributed by atoms with Crippen LogP contribution in [0.2, 0.25) is 0 Å². The molecule has 0 spiro atoms. The van der Waals surface area contributed by atoms with Gasteiger partial charge in [-0.1, -0.05) is 12.1 Å². The second-order valence-corrected chi connectivity index (χ2v) is 5.31. The van der Waals surface area contributed by atoms with Gasteiger partial charge >= 0.3 is 0 Å². The van der Waals surface area contributed by atoms with Gasteiger partial charge in [0, 0.05) is 18.8 Å². The Hall–Kier alpha value is -3.22. The molecule has 6 N–H and O–H groups in total. The first-order valence-electron chi connectivity index (χ1n) is 7.46. The molecule has 4 rings (SSSR count). The van der Waals surface area contributed by atoms with Crippen molar-refractivity contribution in [2.24, 2.45) is 0 Å². The predicted octanol–water partition coefficient (Wildman–Crippen LogP) is 2.55. The molecule has 0 fully saturated rings. The highest BCUT2D eigenvalue weighted by atomic mass is 15.1. The highest BCUT2D eigenvalue weighted by Gasteiger charge is 2.02. The molecule has 0 aliphatic rings. The number of para-hydroxylation sites is 2. The van der Waals surface area contributed by atoms with E-state index in [2.05, 4.69) is 30.6 Å². The zero-order chi connectivity index (χ0) is 15.6. The number of benzene rings is 2. The molecule has 0 saturated carbocycles. The number of H-pyrrole nitrogens is 2. The van der Waals surface area contributed by atoms with E-state index in [0.29, 0.717) is 5.95 Å². The minimum Gasteiger partial charge on any atom is -0.383 e. The van der Waals surface area contributed by atoms with Crippen molar-refractivity contribution in [2.75, 3.05) is 29.5 Å². The lowest BCUT2D eigenvalue weighted by Gasteiger charge is -2.07. The van der Waals surface area contributed by atoms with Crippen molar-refractivity contribution < 1.29 is 0 Å². The summed E-state index contributed by atoms with van der Waals surface area (Å²) in [6.45, 7) is 1.52. The van der Waals surface area contributed by atoms with Crippen LogP contribution in [0.1, 0.15) is 0 Å². The highest BCUT2D eigenvalue weighted by Crippen LogP contribution is 2.17. The van der Waals surface area contributed by atoms with Crippen LogP contribution in [0, 0.1) is 0 Å². The van der Waals surface area contributed by atoms with E-state index >= 15 is 0 Å². The Labute approximate surface area is 132 Å². The largest absolute Gasteiger partial charge is 0.383 e. The number of nitrogens with one attached hydrogen (secondary N) is 4. The van der Waals surface area contributed by atoms with Crippen LogP contribution in [0.3, 0.4) is 0 Å². The molecule has 2 heterocycles. The third-order valence-electron chi connectivity index (χ3n) is 3.64. The lowest BCUT2D eigenvalue weighted by Crippen LogP contribution is -2.14. The first-order chi connectivity index (χ1) is 11.3. The fourth-order valence-electron chi connectivity index (χ4n) is 2.56.